The Morgan fingerprint density at radius 2 is 2.04 bits per heavy atom. The molecule has 0 bridgehead atoms. The van der Waals surface area contributed by atoms with Crippen molar-refractivity contribution in [1.29, 1.82) is 0 Å². The van der Waals surface area contributed by atoms with Crippen LogP contribution in [0, 0.1) is 12.8 Å². The number of rotatable bonds is 3. The van der Waals surface area contributed by atoms with Crippen molar-refractivity contribution in [3.8, 4) is 0 Å². The molecule has 1 N–H and O–H groups in total. The first kappa shape index (κ1) is 17.0. The zero-order valence-electron chi connectivity index (χ0n) is 15.2. The van der Waals surface area contributed by atoms with E-state index < -0.39 is 0 Å². The van der Waals surface area contributed by atoms with Gasteiger partial charge in [-0.05, 0) is 67.0 Å². The first-order chi connectivity index (χ1) is 12.6. The van der Waals surface area contributed by atoms with Crippen molar-refractivity contribution in [3.63, 3.8) is 0 Å². The van der Waals surface area contributed by atoms with Crippen LogP contribution in [0.15, 0.2) is 41.8 Å². The van der Waals surface area contributed by atoms with E-state index >= 15 is 0 Å². The SMILES string of the molecule is Cc1cc(N2CCC(C)CC2)nc2ccc(NC(=O)c3cccs3)cc12. The first-order valence-corrected chi connectivity index (χ1v) is 9.99. The van der Waals surface area contributed by atoms with E-state index in [1.807, 2.05) is 35.7 Å². The third-order valence-corrected chi connectivity index (χ3v) is 5.98. The lowest BCUT2D eigenvalue weighted by Gasteiger charge is -2.31. The Kier molecular flexibility index (Phi) is 4.64. The van der Waals surface area contributed by atoms with Gasteiger partial charge in [-0.2, -0.15) is 0 Å². The lowest BCUT2D eigenvalue weighted by molar-refractivity contribution is 0.103. The summed E-state index contributed by atoms with van der Waals surface area (Å²) in [4.78, 5) is 20.2. The minimum Gasteiger partial charge on any atom is -0.357 e. The van der Waals surface area contributed by atoms with Gasteiger partial charge in [0, 0.05) is 24.2 Å². The standard InChI is InChI=1S/C21H23N3OS/c1-14-7-9-24(10-8-14)20-12-15(2)17-13-16(5-6-18(17)23-20)22-21(25)19-4-3-11-26-19/h3-6,11-14H,7-10H2,1-2H3,(H,22,25). The molecule has 1 aliphatic rings. The predicted octanol–water partition coefficient (Wildman–Crippen LogP) is 5.09. The van der Waals surface area contributed by atoms with Crippen LogP contribution in [-0.2, 0) is 0 Å². The van der Waals surface area contributed by atoms with E-state index in [1.165, 1.54) is 29.7 Å². The van der Waals surface area contributed by atoms with E-state index in [2.05, 4.69) is 30.1 Å². The van der Waals surface area contributed by atoms with Crippen molar-refractivity contribution >= 4 is 39.7 Å². The Balaban J connectivity index is 1.59. The fraction of sp³-hybridized carbons (Fsp3) is 0.333. The molecule has 2 aromatic heterocycles. The molecule has 0 saturated carbocycles. The maximum atomic E-state index is 12.3. The number of anilines is 2. The average molecular weight is 366 g/mol. The Labute approximate surface area is 157 Å². The summed E-state index contributed by atoms with van der Waals surface area (Å²) in [5.74, 6) is 1.81. The van der Waals surface area contributed by atoms with E-state index in [0.717, 1.165) is 46.3 Å². The molecule has 5 heteroatoms. The van der Waals surface area contributed by atoms with Gasteiger partial charge in [-0.25, -0.2) is 4.98 Å². The highest BCUT2D eigenvalue weighted by molar-refractivity contribution is 7.12. The molecule has 1 aliphatic heterocycles. The molecule has 1 aromatic carbocycles. The molecule has 0 aliphatic carbocycles. The van der Waals surface area contributed by atoms with Crippen molar-refractivity contribution in [2.24, 2.45) is 5.92 Å². The molecule has 3 aromatic rings. The van der Waals surface area contributed by atoms with Gasteiger partial charge >= 0.3 is 0 Å². The normalized spacial score (nSPS) is 15.4. The number of hydrogen-bond acceptors (Lipinski definition) is 4. The van der Waals surface area contributed by atoms with Crippen LogP contribution < -0.4 is 10.2 Å². The Morgan fingerprint density at radius 3 is 2.77 bits per heavy atom. The summed E-state index contributed by atoms with van der Waals surface area (Å²) in [6, 6.07) is 11.8. The minimum atomic E-state index is -0.0657. The molecule has 0 radical (unpaired) electrons. The lowest BCUT2D eigenvalue weighted by atomic mass is 9.99. The van der Waals surface area contributed by atoms with Gasteiger partial charge < -0.3 is 10.2 Å². The van der Waals surface area contributed by atoms with Gasteiger partial charge in [0.05, 0.1) is 10.4 Å². The number of carbonyl (C=O) groups is 1. The zero-order valence-corrected chi connectivity index (χ0v) is 16.0. The van der Waals surface area contributed by atoms with Crippen LogP contribution in [0.25, 0.3) is 10.9 Å². The molecule has 26 heavy (non-hydrogen) atoms. The van der Waals surface area contributed by atoms with E-state index in [0.29, 0.717) is 0 Å². The maximum absolute atomic E-state index is 12.3. The van der Waals surface area contributed by atoms with Crippen molar-refractivity contribution < 1.29 is 4.79 Å². The third-order valence-electron chi connectivity index (χ3n) is 5.11. The Bertz CT molecular complexity index is 928. The van der Waals surface area contributed by atoms with Crippen molar-refractivity contribution in [2.75, 3.05) is 23.3 Å². The molecule has 1 saturated heterocycles. The molecule has 0 unspecified atom stereocenters. The molecule has 0 atom stereocenters. The molecule has 4 rings (SSSR count). The number of hydrogen-bond donors (Lipinski definition) is 1. The second-order valence-corrected chi connectivity index (χ2v) is 8.08. The first-order valence-electron chi connectivity index (χ1n) is 9.11. The summed E-state index contributed by atoms with van der Waals surface area (Å²) in [6.07, 6.45) is 2.46. The number of amides is 1. The molecule has 1 fully saturated rings. The molecule has 4 nitrogen and oxygen atoms in total. The third kappa shape index (κ3) is 3.44. The number of carbonyl (C=O) groups excluding carboxylic acids is 1. The van der Waals surface area contributed by atoms with Gasteiger partial charge in [0.15, 0.2) is 0 Å². The summed E-state index contributed by atoms with van der Waals surface area (Å²) >= 11 is 1.45. The monoisotopic (exact) mass is 365 g/mol. The van der Waals surface area contributed by atoms with Gasteiger partial charge in [0.2, 0.25) is 0 Å². The molecule has 3 heterocycles. The number of fused-ring (bicyclic) bond motifs is 1. The van der Waals surface area contributed by atoms with Gasteiger partial charge in [-0.15, -0.1) is 11.3 Å². The van der Waals surface area contributed by atoms with Crippen molar-refractivity contribution in [3.05, 3.63) is 52.2 Å². The number of thiophene rings is 1. The second kappa shape index (κ2) is 7.08. The molecule has 0 spiro atoms. The van der Waals surface area contributed by atoms with Crippen LogP contribution in [0.4, 0.5) is 11.5 Å². The molecule has 134 valence electrons. The maximum Gasteiger partial charge on any atom is 0.265 e. The number of nitrogens with zero attached hydrogens (tertiary/aromatic N) is 2. The van der Waals surface area contributed by atoms with Crippen LogP contribution in [0.3, 0.4) is 0 Å². The van der Waals surface area contributed by atoms with Gasteiger partial charge in [-0.3, -0.25) is 4.79 Å². The highest BCUT2D eigenvalue weighted by Gasteiger charge is 2.18. The van der Waals surface area contributed by atoms with Crippen LogP contribution >= 0.6 is 11.3 Å². The summed E-state index contributed by atoms with van der Waals surface area (Å²) in [5, 5.41) is 5.97. The van der Waals surface area contributed by atoms with Crippen LogP contribution in [0.2, 0.25) is 0 Å². The highest BCUT2D eigenvalue weighted by Crippen LogP contribution is 2.28. The number of pyridine rings is 1. The fourth-order valence-corrected chi connectivity index (χ4v) is 4.07. The summed E-state index contributed by atoms with van der Waals surface area (Å²) in [5.41, 5.74) is 2.98. The molecular weight excluding hydrogens is 342 g/mol. The van der Waals surface area contributed by atoms with Crippen LogP contribution in [0.1, 0.15) is 35.0 Å². The van der Waals surface area contributed by atoms with E-state index in [1.54, 1.807) is 0 Å². The topological polar surface area (TPSA) is 45.2 Å². The number of benzene rings is 1. The predicted molar refractivity (Wildman–Crippen MR) is 109 cm³/mol. The number of aromatic nitrogens is 1. The van der Waals surface area contributed by atoms with E-state index in [9.17, 15) is 4.79 Å². The average Bonchev–Trinajstić information content (AvgIpc) is 3.17. The second-order valence-electron chi connectivity index (χ2n) is 7.13. The van der Waals surface area contributed by atoms with Gasteiger partial charge in [-0.1, -0.05) is 13.0 Å². The smallest absolute Gasteiger partial charge is 0.265 e. The van der Waals surface area contributed by atoms with Gasteiger partial charge in [0.1, 0.15) is 5.82 Å². The summed E-state index contributed by atoms with van der Waals surface area (Å²) in [7, 11) is 0. The quantitative estimate of drug-likeness (QED) is 0.703. The molecule has 1 amide bonds. The number of aryl methyl sites for hydroxylation is 1. The Morgan fingerprint density at radius 1 is 1.23 bits per heavy atom. The zero-order chi connectivity index (χ0) is 18.1. The van der Waals surface area contributed by atoms with E-state index in [-0.39, 0.29) is 5.91 Å². The molecular formula is C21H23N3OS. The van der Waals surface area contributed by atoms with Crippen LogP contribution in [-0.4, -0.2) is 24.0 Å². The van der Waals surface area contributed by atoms with Crippen LogP contribution in [0.5, 0.6) is 0 Å². The number of nitrogens with one attached hydrogen (secondary N) is 1. The number of piperidine rings is 1. The lowest BCUT2D eigenvalue weighted by Crippen LogP contribution is -2.33. The Hall–Kier alpha value is -2.40. The van der Waals surface area contributed by atoms with Gasteiger partial charge in [0.25, 0.3) is 5.91 Å². The minimum absolute atomic E-state index is 0.0657. The largest absolute Gasteiger partial charge is 0.357 e. The fourth-order valence-electron chi connectivity index (χ4n) is 3.45. The summed E-state index contributed by atoms with van der Waals surface area (Å²) in [6.45, 7) is 6.59. The van der Waals surface area contributed by atoms with Crippen molar-refractivity contribution in [1.82, 2.24) is 4.98 Å². The van der Waals surface area contributed by atoms with E-state index in [4.69, 9.17) is 4.98 Å². The summed E-state index contributed by atoms with van der Waals surface area (Å²) < 4.78 is 0. The van der Waals surface area contributed by atoms with Crippen molar-refractivity contribution in [2.45, 2.75) is 26.7 Å². The highest BCUT2D eigenvalue weighted by atomic mass is 32.1.